The summed E-state index contributed by atoms with van der Waals surface area (Å²) >= 11 is 0. The number of allylic oxidation sites excluding steroid dienone is 4. The number of Topliss-reactive ketones (excluding diaryl/α,β-unsaturated/α-hetero) is 1. The zero-order valence-electron chi connectivity index (χ0n) is 9.32. The van der Waals surface area contributed by atoms with Crippen LogP contribution >= 0.6 is 0 Å². The van der Waals surface area contributed by atoms with Gasteiger partial charge in [-0.1, -0.05) is 13.3 Å². The van der Waals surface area contributed by atoms with Crippen molar-refractivity contribution in [3.05, 3.63) is 22.4 Å². The van der Waals surface area contributed by atoms with Crippen molar-refractivity contribution in [3.63, 3.8) is 0 Å². The third-order valence-electron chi connectivity index (χ3n) is 2.64. The molecule has 0 aliphatic heterocycles. The third-order valence-corrected chi connectivity index (χ3v) is 2.64. The number of rotatable bonds is 2. The molecule has 17 heavy (non-hydrogen) atoms. The first-order valence-corrected chi connectivity index (χ1v) is 5.11. The van der Waals surface area contributed by atoms with Gasteiger partial charge in [0.05, 0.1) is 17.1 Å². The van der Waals surface area contributed by atoms with E-state index in [1.807, 2.05) is 6.92 Å². The van der Waals surface area contributed by atoms with E-state index in [2.05, 4.69) is 0 Å². The lowest BCUT2D eigenvalue weighted by Crippen LogP contribution is -2.16. The molecule has 1 rings (SSSR count). The van der Waals surface area contributed by atoms with Gasteiger partial charge in [0.25, 0.3) is 0 Å². The van der Waals surface area contributed by atoms with E-state index in [9.17, 15) is 4.79 Å². The Hall–Kier alpha value is -2.58. The summed E-state index contributed by atoms with van der Waals surface area (Å²) in [6, 6.07) is 5.06. The van der Waals surface area contributed by atoms with Gasteiger partial charge in [-0.15, -0.1) is 0 Å². The quantitative estimate of drug-likeness (QED) is 0.558. The average Bonchev–Trinajstić information content (AvgIpc) is 2.56. The van der Waals surface area contributed by atoms with Gasteiger partial charge in [0.2, 0.25) is 0 Å². The first-order chi connectivity index (χ1) is 8.12. The summed E-state index contributed by atoms with van der Waals surface area (Å²) in [5, 5.41) is 26.5. The highest BCUT2D eigenvalue weighted by atomic mass is 16.1. The number of carbonyl (C=O) groups is 1. The number of nitrogens with two attached hydrogens (primary N) is 1. The highest BCUT2D eigenvalue weighted by Crippen LogP contribution is 2.34. The standard InChI is InChI=1S/C12H10N4O/c1-2-3-8-11(16)9(6-15)10(12(8)17)7(4-13)5-14/h8H,2-3,16H2,1H3. The highest BCUT2D eigenvalue weighted by Gasteiger charge is 2.37. The van der Waals surface area contributed by atoms with Crippen LogP contribution in [0.15, 0.2) is 22.4 Å². The van der Waals surface area contributed by atoms with Crippen LogP contribution in [0.25, 0.3) is 0 Å². The monoisotopic (exact) mass is 226 g/mol. The molecule has 0 aromatic carbocycles. The van der Waals surface area contributed by atoms with Crippen molar-refractivity contribution >= 4 is 5.78 Å². The highest BCUT2D eigenvalue weighted by molar-refractivity contribution is 6.09. The molecule has 5 heteroatoms. The van der Waals surface area contributed by atoms with Crippen LogP contribution in [0.4, 0.5) is 0 Å². The minimum Gasteiger partial charge on any atom is -0.400 e. The molecule has 2 N–H and O–H groups in total. The maximum atomic E-state index is 12.0. The van der Waals surface area contributed by atoms with Crippen LogP contribution in [0.2, 0.25) is 0 Å². The number of nitrogens with zero attached hydrogens (tertiary/aromatic N) is 3. The van der Waals surface area contributed by atoms with Gasteiger partial charge >= 0.3 is 0 Å². The van der Waals surface area contributed by atoms with Gasteiger partial charge in [-0.3, -0.25) is 4.79 Å². The van der Waals surface area contributed by atoms with Crippen molar-refractivity contribution in [3.8, 4) is 18.2 Å². The Kier molecular flexibility index (Phi) is 3.65. The fourth-order valence-corrected chi connectivity index (χ4v) is 1.84. The van der Waals surface area contributed by atoms with E-state index in [0.717, 1.165) is 6.42 Å². The molecule has 1 aliphatic rings. The largest absolute Gasteiger partial charge is 0.400 e. The molecule has 84 valence electrons. The topological polar surface area (TPSA) is 114 Å². The van der Waals surface area contributed by atoms with E-state index in [-0.39, 0.29) is 28.2 Å². The summed E-state index contributed by atoms with van der Waals surface area (Å²) in [5.41, 5.74) is 5.43. The van der Waals surface area contributed by atoms with E-state index >= 15 is 0 Å². The molecule has 0 aromatic heterocycles. The fraction of sp³-hybridized carbons (Fsp3) is 0.333. The van der Waals surface area contributed by atoms with Gasteiger partial charge < -0.3 is 5.73 Å². The second-order valence-corrected chi connectivity index (χ2v) is 3.62. The normalized spacial score (nSPS) is 18.6. The average molecular weight is 226 g/mol. The van der Waals surface area contributed by atoms with E-state index in [1.165, 1.54) is 0 Å². The van der Waals surface area contributed by atoms with Crippen molar-refractivity contribution in [2.24, 2.45) is 11.7 Å². The molecule has 0 saturated heterocycles. The number of hydrogen-bond acceptors (Lipinski definition) is 5. The first kappa shape index (κ1) is 12.5. The second-order valence-electron chi connectivity index (χ2n) is 3.62. The first-order valence-electron chi connectivity index (χ1n) is 5.11. The molecule has 0 bridgehead atoms. The molecule has 1 aliphatic carbocycles. The summed E-state index contributed by atoms with van der Waals surface area (Å²) in [6.45, 7) is 1.89. The Balaban J connectivity index is 3.45. The minimum atomic E-state index is -0.568. The molecule has 5 nitrogen and oxygen atoms in total. The van der Waals surface area contributed by atoms with Gasteiger partial charge in [-0.2, -0.15) is 15.8 Å². The van der Waals surface area contributed by atoms with Crippen LogP contribution in [0.3, 0.4) is 0 Å². The van der Waals surface area contributed by atoms with Crippen molar-refractivity contribution in [1.82, 2.24) is 0 Å². The van der Waals surface area contributed by atoms with Gasteiger partial charge in [0.1, 0.15) is 23.8 Å². The number of hydrogen-bond donors (Lipinski definition) is 1. The second kappa shape index (κ2) is 4.96. The van der Waals surface area contributed by atoms with Crippen LogP contribution in [-0.2, 0) is 4.79 Å². The van der Waals surface area contributed by atoms with Crippen LogP contribution in [0, 0.1) is 39.9 Å². The lowest BCUT2D eigenvalue weighted by atomic mass is 9.96. The minimum absolute atomic E-state index is 0.0217. The summed E-state index contributed by atoms with van der Waals surface area (Å²) in [6.07, 6.45) is 1.25. The number of carbonyl (C=O) groups excluding carboxylic acids is 1. The predicted octanol–water partition coefficient (Wildman–Crippen LogP) is 1.07. The van der Waals surface area contributed by atoms with Crippen LogP contribution in [0.1, 0.15) is 19.8 Å². The van der Waals surface area contributed by atoms with Gasteiger partial charge in [-0.25, -0.2) is 0 Å². The van der Waals surface area contributed by atoms with Crippen molar-refractivity contribution in [2.75, 3.05) is 0 Å². The van der Waals surface area contributed by atoms with Crippen molar-refractivity contribution in [1.29, 1.82) is 15.8 Å². The molecule has 0 heterocycles. The summed E-state index contributed by atoms with van der Waals surface area (Å²) in [7, 11) is 0. The molecule has 0 fully saturated rings. The van der Waals surface area contributed by atoms with Gasteiger partial charge in [0.15, 0.2) is 5.78 Å². The summed E-state index contributed by atoms with van der Waals surface area (Å²) < 4.78 is 0. The van der Waals surface area contributed by atoms with Crippen molar-refractivity contribution in [2.45, 2.75) is 19.8 Å². The maximum absolute atomic E-state index is 12.0. The lowest BCUT2D eigenvalue weighted by molar-refractivity contribution is -0.117. The Labute approximate surface area is 99.0 Å². The van der Waals surface area contributed by atoms with Crippen LogP contribution in [0.5, 0.6) is 0 Å². The lowest BCUT2D eigenvalue weighted by Gasteiger charge is -2.06. The molecule has 0 amide bonds. The Bertz CT molecular complexity index is 533. The third kappa shape index (κ3) is 1.89. The molecule has 1 atom stereocenters. The Morgan fingerprint density at radius 2 is 1.94 bits per heavy atom. The molecule has 0 saturated carbocycles. The van der Waals surface area contributed by atoms with Crippen LogP contribution in [-0.4, -0.2) is 5.78 Å². The number of ketones is 1. The SMILES string of the molecule is CCCC1C(=O)C(=C(C#N)C#N)C(C#N)=C1N. The molecule has 1 unspecified atom stereocenters. The predicted molar refractivity (Wildman–Crippen MR) is 58.5 cm³/mol. The van der Waals surface area contributed by atoms with Crippen LogP contribution < -0.4 is 5.73 Å². The molecule has 0 spiro atoms. The summed E-state index contributed by atoms with van der Waals surface area (Å²) in [5.74, 6) is -0.958. The summed E-state index contributed by atoms with van der Waals surface area (Å²) in [4.78, 5) is 12.0. The Morgan fingerprint density at radius 1 is 1.35 bits per heavy atom. The van der Waals surface area contributed by atoms with Gasteiger partial charge in [-0.05, 0) is 6.42 Å². The van der Waals surface area contributed by atoms with Gasteiger partial charge in [0, 0.05) is 5.70 Å². The fourth-order valence-electron chi connectivity index (χ4n) is 1.84. The maximum Gasteiger partial charge on any atom is 0.175 e. The molecular formula is C12H10N4O. The Morgan fingerprint density at radius 3 is 2.35 bits per heavy atom. The van der Waals surface area contributed by atoms with E-state index in [0.29, 0.717) is 6.42 Å². The van der Waals surface area contributed by atoms with E-state index < -0.39 is 5.92 Å². The smallest absolute Gasteiger partial charge is 0.175 e. The molecular weight excluding hydrogens is 216 g/mol. The number of nitriles is 3. The molecule has 0 aromatic rings. The van der Waals surface area contributed by atoms with E-state index in [4.69, 9.17) is 21.5 Å². The van der Waals surface area contributed by atoms with E-state index in [1.54, 1.807) is 18.2 Å². The molecule has 0 radical (unpaired) electrons. The zero-order chi connectivity index (χ0) is 13.0. The van der Waals surface area contributed by atoms with Crippen molar-refractivity contribution < 1.29 is 4.79 Å². The zero-order valence-corrected chi connectivity index (χ0v) is 9.32.